The second-order valence-corrected chi connectivity index (χ2v) is 5.23. The Morgan fingerprint density at radius 1 is 0.917 bits per heavy atom. The van der Waals surface area contributed by atoms with Gasteiger partial charge in [-0.2, -0.15) is 0 Å². The van der Waals surface area contributed by atoms with Crippen LogP contribution in [0.4, 0.5) is 4.79 Å². The molecule has 0 aromatic heterocycles. The van der Waals surface area contributed by atoms with Gasteiger partial charge in [0, 0.05) is 0 Å². The van der Waals surface area contributed by atoms with E-state index in [1.165, 1.54) is 0 Å². The zero-order valence-corrected chi connectivity index (χ0v) is 13.7. The Labute approximate surface area is 140 Å². The Bertz CT molecular complexity index is 654. The number of benzene rings is 2. The number of para-hydroxylation sites is 1. The molecule has 0 unspecified atom stereocenters. The Morgan fingerprint density at radius 2 is 1.58 bits per heavy atom. The Hall–Kier alpha value is -3.02. The molecule has 0 heterocycles. The fourth-order valence-corrected chi connectivity index (χ4v) is 1.97. The minimum Gasteiger partial charge on any atom is -0.483 e. The number of hydrazine groups is 1. The molecule has 2 rings (SSSR count). The smallest absolute Gasteiger partial charge is 0.426 e. The van der Waals surface area contributed by atoms with Crippen LogP contribution in [-0.4, -0.2) is 18.6 Å². The van der Waals surface area contributed by atoms with E-state index in [-0.39, 0.29) is 13.2 Å². The number of hydrogen-bond acceptors (Lipinski definition) is 4. The van der Waals surface area contributed by atoms with Gasteiger partial charge in [-0.15, -0.1) is 0 Å². The van der Waals surface area contributed by atoms with Crippen LogP contribution in [0.2, 0.25) is 0 Å². The van der Waals surface area contributed by atoms with E-state index in [0.717, 1.165) is 16.7 Å². The maximum absolute atomic E-state index is 11.7. The third kappa shape index (κ3) is 5.31. The summed E-state index contributed by atoms with van der Waals surface area (Å²) in [5.41, 5.74) is 7.28. The van der Waals surface area contributed by atoms with E-state index in [1.54, 1.807) is 6.07 Å². The average molecular weight is 328 g/mol. The predicted octanol–water partition coefficient (Wildman–Crippen LogP) is 2.64. The summed E-state index contributed by atoms with van der Waals surface area (Å²) < 4.78 is 10.4. The molecule has 0 aliphatic carbocycles. The summed E-state index contributed by atoms with van der Waals surface area (Å²) in [5.74, 6) is 0.140. The molecule has 2 N–H and O–H groups in total. The van der Waals surface area contributed by atoms with Gasteiger partial charge in [0.25, 0.3) is 5.91 Å². The van der Waals surface area contributed by atoms with Crippen LogP contribution >= 0.6 is 0 Å². The number of ether oxygens (including phenoxy) is 2. The van der Waals surface area contributed by atoms with Gasteiger partial charge in [-0.3, -0.25) is 10.2 Å². The van der Waals surface area contributed by atoms with Crippen LogP contribution in [0.15, 0.2) is 48.5 Å². The molecule has 0 saturated heterocycles. The summed E-state index contributed by atoms with van der Waals surface area (Å²) in [6.45, 7) is 3.74. The van der Waals surface area contributed by atoms with Crippen molar-refractivity contribution in [1.29, 1.82) is 0 Å². The number of amides is 2. The largest absolute Gasteiger partial charge is 0.483 e. The van der Waals surface area contributed by atoms with Crippen molar-refractivity contribution in [2.45, 2.75) is 20.5 Å². The summed E-state index contributed by atoms with van der Waals surface area (Å²) >= 11 is 0. The molecule has 6 heteroatoms. The fourth-order valence-electron chi connectivity index (χ4n) is 1.97. The lowest BCUT2D eigenvalue weighted by Crippen LogP contribution is -2.44. The maximum Gasteiger partial charge on any atom is 0.426 e. The van der Waals surface area contributed by atoms with Crippen LogP contribution in [0.1, 0.15) is 16.7 Å². The summed E-state index contributed by atoms with van der Waals surface area (Å²) in [7, 11) is 0. The number of aryl methyl sites for hydroxylation is 2. The molecular weight excluding hydrogens is 308 g/mol. The van der Waals surface area contributed by atoms with E-state index in [9.17, 15) is 9.59 Å². The van der Waals surface area contributed by atoms with Crippen molar-refractivity contribution in [3.05, 3.63) is 65.2 Å². The molecule has 2 aromatic rings. The van der Waals surface area contributed by atoms with Crippen LogP contribution in [0.3, 0.4) is 0 Å². The molecule has 0 bridgehead atoms. The molecule has 6 nitrogen and oxygen atoms in total. The number of carbonyl (C=O) groups is 2. The van der Waals surface area contributed by atoms with Gasteiger partial charge in [0.15, 0.2) is 6.61 Å². The molecule has 0 aliphatic rings. The van der Waals surface area contributed by atoms with Crippen molar-refractivity contribution in [3.8, 4) is 5.75 Å². The minimum atomic E-state index is -0.734. The summed E-state index contributed by atoms with van der Waals surface area (Å²) in [4.78, 5) is 23.2. The first-order chi connectivity index (χ1) is 11.6. The van der Waals surface area contributed by atoms with Crippen LogP contribution in [0.25, 0.3) is 0 Å². The van der Waals surface area contributed by atoms with E-state index in [1.807, 2.05) is 56.3 Å². The first-order valence-electron chi connectivity index (χ1n) is 7.51. The van der Waals surface area contributed by atoms with Gasteiger partial charge >= 0.3 is 6.09 Å². The van der Waals surface area contributed by atoms with E-state index >= 15 is 0 Å². The fraction of sp³-hybridized carbons (Fsp3) is 0.222. The van der Waals surface area contributed by atoms with Gasteiger partial charge in [-0.25, -0.2) is 10.2 Å². The maximum atomic E-state index is 11.7. The van der Waals surface area contributed by atoms with Gasteiger partial charge < -0.3 is 9.47 Å². The lowest BCUT2D eigenvalue weighted by atomic mass is 10.1. The number of carbonyl (C=O) groups excluding carboxylic acids is 2. The molecule has 24 heavy (non-hydrogen) atoms. The van der Waals surface area contributed by atoms with Gasteiger partial charge in [0.05, 0.1) is 0 Å². The van der Waals surface area contributed by atoms with Crippen LogP contribution in [0.5, 0.6) is 5.75 Å². The first-order valence-corrected chi connectivity index (χ1v) is 7.51. The number of rotatable bonds is 5. The topological polar surface area (TPSA) is 76.7 Å². The molecule has 0 aliphatic heterocycles. The molecular formula is C18H20N2O4. The van der Waals surface area contributed by atoms with Crippen molar-refractivity contribution in [3.63, 3.8) is 0 Å². The zero-order valence-electron chi connectivity index (χ0n) is 13.7. The molecule has 0 radical (unpaired) electrons. The summed E-state index contributed by atoms with van der Waals surface area (Å²) in [6, 6.07) is 14.9. The summed E-state index contributed by atoms with van der Waals surface area (Å²) in [5, 5.41) is 0. The van der Waals surface area contributed by atoms with Crippen molar-refractivity contribution in [2.24, 2.45) is 0 Å². The van der Waals surface area contributed by atoms with E-state index in [0.29, 0.717) is 5.75 Å². The molecule has 0 atom stereocenters. The quantitative estimate of drug-likeness (QED) is 0.827. The Balaban J connectivity index is 1.69. The Morgan fingerprint density at radius 3 is 2.29 bits per heavy atom. The highest BCUT2D eigenvalue weighted by Crippen LogP contribution is 2.15. The van der Waals surface area contributed by atoms with E-state index < -0.39 is 12.0 Å². The Kier molecular flexibility index (Phi) is 6.19. The molecule has 2 amide bonds. The monoisotopic (exact) mass is 328 g/mol. The average Bonchev–Trinajstić information content (AvgIpc) is 2.58. The standard InChI is InChI=1S/C18H20N2O4/c1-13-7-3-5-9-15(13)11-24-18(22)20-19-17(21)12-23-16-10-6-4-8-14(16)2/h3-10H,11-12H2,1-2H3,(H,19,21)(H,20,22). The van der Waals surface area contributed by atoms with Crippen LogP contribution in [-0.2, 0) is 16.1 Å². The lowest BCUT2D eigenvalue weighted by Gasteiger charge is -2.11. The third-order valence-corrected chi connectivity index (χ3v) is 3.38. The van der Waals surface area contributed by atoms with Gasteiger partial charge in [0.2, 0.25) is 0 Å². The SMILES string of the molecule is Cc1ccccc1COC(=O)NNC(=O)COc1ccccc1C. The highest BCUT2D eigenvalue weighted by Gasteiger charge is 2.08. The number of hydrogen-bond donors (Lipinski definition) is 2. The third-order valence-electron chi connectivity index (χ3n) is 3.38. The molecule has 0 spiro atoms. The van der Waals surface area contributed by atoms with Crippen LogP contribution in [0, 0.1) is 13.8 Å². The normalized spacial score (nSPS) is 9.92. The molecule has 126 valence electrons. The second-order valence-electron chi connectivity index (χ2n) is 5.23. The van der Waals surface area contributed by atoms with Crippen molar-refractivity contribution < 1.29 is 19.1 Å². The number of nitrogens with one attached hydrogen (secondary N) is 2. The van der Waals surface area contributed by atoms with Gasteiger partial charge in [-0.05, 0) is 36.6 Å². The van der Waals surface area contributed by atoms with Crippen molar-refractivity contribution in [2.75, 3.05) is 6.61 Å². The minimum absolute atomic E-state index is 0.133. The molecule has 0 saturated carbocycles. The summed E-state index contributed by atoms with van der Waals surface area (Å²) in [6.07, 6.45) is -0.734. The van der Waals surface area contributed by atoms with E-state index in [2.05, 4.69) is 10.9 Å². The predicted molar refractivity (Wildman–Crippen MR) is 89.3 cm³/mol. The highest BCUT2D eigenvalue weighted by molar-refractivity contribution is 5.80. The molecule has 0 fully saturated rings. The second kappa shape index (κ2) is 8.57. The first kappa shape index (κ1) is 17.3. The highest BCUT2D eigenvalue weighted by atomic mass is 16.6. The van der Waals surface area contributed by atoms with Gasteiger partial charge in [-0.1, -0.05) is 42.5 Å². The van der Waals surface area contributed by atoms with Crippen molar-refractivity contribution in [1.82, 2.24) is 10.9 Å². The zero-order chi connectivity index (χ0) is 17.4. The van der Waals surface area contributed by atoms with E-state index in [4.69, 9.17) is 9.47 Å². The van der Waals surface area contributed by atoms with Crippen LogP contribution < -0.4 is 15.6 Å². The van der Waals surface area contributed by atoms with Crippen molar-refractivity contribution >= 4 is 12.0 Å². The molecule has 2 aromatic carbocycles. The van der Waals surface area contributed by atoms with Gasteiger partial charge in [0.1, 0.15) is 12.4 Å². The lowest BCUT2D eigenvalue weighted by molar-refractivity contribution is -0.124.